The fourth-order valence-electron chi connectivity index (χ4n) is 3.83. The van der Waals surface area contributed by atoms with Crippen LogP contribution in [0.3, 0.4) is 0 Å². The van der Waals surface area contributed by atoms with Gasteiger partial charge in [0.25, 0.3) is 0 Å². The van der Waals surface area contributed by atoms with Gasteiger partial charge in [0.15, 0.2) is 5.96 Å². The summed E-state index contributed by atoms with van der Waals surface area (Å²) in [5, 5.41) is 10.7. The number of amides is 1. The van der Waals surface area contributed by atoms with E-state index in [1.165, 1.54) is 5.56 Å². The number of aryl methyl sites for hydroxylation is 2. The van der Waals surface area contributed by atoms with Gasteiger partial charge in [0.1, 0.15) is 5.76 Å². The summed E-state index contributed by atoms with van der Waals surface area (Å²) < 4.78 is 5.22. The summed E-state index contributed by atoms with van der Waals surface area (Å²) in [7, 11) is 0. The van der Waals surface area contributed by atoms with Crippen LogP contribution in [0.1, 0.15) is 35.9 Å². The molecule has 1 unspecified atom stereocenters. The molecule has 0 bridgehead atoms. The van der Waals surface area contributed by atoms with Gasteiger partial charge < -0.3 is 20.1 Å². The molecule has 2 heterocycles. The van der Waals surface area contributed by atoms with E-state index in [2.05, 4.69) is 34.8 Å². The van der Waals surface area contributed by atoms with Crippen LogP contribution in [-0.2, 0) is 17.6 Å². The summed E-state index contributed by atoms with van der Waals surface area (Å²) in [6.07, 6.45) is 2.31. The zero-order valence-corrected chi connectivity index (χ0v) is 18.3. The number of nitrogens with zero attached hydrogens (tertiary/aromatic N) is 3. The molecule has 1 aliphatic heterocycles. The van der Waals surface area contributed by atoms with E-state index in [-0.39, 0.29) is 11.8 Å². The number of carbonyl (C=O) groups excluding carboxylic acids is 1. The highest BCUT2D eigenvalue weighted by atomic mass is 16.5. The van der Waals surface area contributed by atoms with E-state index in [1.54, 1.807) is 0 Å². The van der Waals surface area contributed by atoms with Crippen LogP contribution in [0.15, 0.2) is 39.8 Å². The van der Waals surface area contributed by atoms with Crippen LogP contribution in [0.5, 0.6) is 0 Å². The molecule has 1 atom stereocenters. The van der Waals surface area contributed by atoms with Crippen molar-refractivity contribution in [2.24, 2.45) is 10.9 Å². The Morgan fingerprint density at radius 3 is 2.73 bits per heavy atom. The van der Waals surface area contributed by atoms with Gasteiger partial charge in [-0.05, 0) is 39.2 Å². The van der Waals surface area contributed by atoms with Crippen LogP contribution >= 0.6 is 0 Å². The second-order valence-corrected chi connectivity index (χ2v) is 7.84. The highest BCUT2D eigenvalue weighted by Crippen LogP contribution is 2.18. The van der Waals surface area contributed by atoms with E-state index in [1.807, 2.05) is 36.9 Å². The monoisotopic (exact) mass is 411 g/mol. The second kappa shape index (κ2) is 10.8. The van der Waals surface area contributed by atoms with Crippen molar-refractivity contribution in [1.29, 1.82) is 0 Å². The molecule has 0 aliphatic carbocycles. The lowest BCUT2D eigenvalue weighted by atomic mass is 10.1. The van der Waals surface area contributed by atoms with E-state index >= 15 is 0 Å². The minimum atomic E-state index is 0.238. The number of aliphatic imine (C=N–C) groups is 1. The Balaban J connectivity index is 1.46. The highest BCUT2D eigenvalue weighted by Gasteiger charge is 2.29. The second-order valence-electron chi connectivity index (χ2n) is 7.84. The van der Waals surface area contributed by atoms with Crippen LogP contribution in [0.25, 0.3) is 0 Å². The Kier molecular flexibility index (Phi) is 7.88. The number of hydrogen-bond acceptors (Lipinski definition) is 4. The topological polar surface area (TPSA) is 82.8 Å². The zero-order chi connectivity index (χ0) is 21.3. The molecule has 1 fully saturated rings. The normalized spacial score (nSPS) is 16.9. The van der Waals surface area contributed by atoms with Gasteiger partial charge in [-0.2, -0.15) is 0 Å². The lowest BCUT2D eigenvalue weighted by Gasteiger charge is -2.16. The molecule has 1 aromatic heterocycles. The summed E-state index contributed by atoms with van der Waals surface area (Å²) in [4.78, 5) is 19.1. The van der Waals surface area contributed by atoms with Crippen LogP contribution < -0.4 is 10.6 Å². The van der Waals surface area contributed by atoms with Gasteiger partial charge in [-0.3, -0.25) is 9.79 Å². The Bertz CT molecular complexity index is 827. The highest BCUT2D eigenvalue weighted by molar-refractivity contribution is 5.80. The molecule has 2 aromatic rings. The summed E-state index contributed by atoms with van der Waals surface area (Å²) in [6.45, 7) is 9.71. The van der Waals surface area contributed by atoms with Crippen LogP contribution in [0.2, 0.25) is 0 Å². The lowest BCUT2D eigenvalue weighted by Crippen LogP contribution is -2.38. The first-order valence-corrected chi connectivity index (χ1v) is 10.8. The maximum absolute atomic E-state index is 12.4. The molecule has 0 spiro atoms. The van der Waals surface area contributed by atoms with E-state index in [0.29, 0.717) is 13.0 Å². The SMILES string of the molecule is CCNC(=NCC1CC(=O)N(CCc2ccccc2)C1)NCCc1c(C)noc1C. The molecule has 7 heteroatoms. The van der Waals surface area contributed by atoms with Gasteiger partial charge in [0.05, 0.1) is 5.69 Å². The number of aromatic nitrogens is 1. The van der Waals surface area contributed by atoms with Gasteiger partial charge in [-0.25, -0.2) is 0 Å². The number of carbonyl (C=O) groups is 1. The average molecular weight is 412 g/mol. The fourth-order valence-corrected chi connectivity index (χ4v) is 3.83. The summed E-state index contributed by atoms with van der Waals surface area (Å²) in [6, 6.07) is 10.3. The maximum atomic E-state index is 12.4. The average Bonchev–Trinajstić information content (AvgIpc) is 3.27. The summed E-state index contributed by atoms with van der Waals surface area (Å²) in [5.74, 6) is 2.17. The van der Waals surface area contributed by atoms with Crippen molar-refractivity contribution >= 4 is 11.9 Å². The van der Waals surface area contributed by atoms with Crippen molar-refractivity contribution in [2.75, 3.05) is 32.7 Å². The standard InChI is InChI=1S/C23H33N5O2/c1-4-24-23(25-12-10-21-17(2)27-30-18(21)3)26-15-20-14-22(29)28(16-20)13-11-19-8-6-5-7-9-19/h5-9,20H,4,10-16H2,1-3H3,(H2,24,25,26). The smallest absolute Gasteiger partial charge is 0.223 e. The van der Waals surface area contributed by atoms with Gasteiger partial charge >= 0.3 is 0 Å². The van der Waals surface area contributed by atoms with Gasteiger partial charge in [-0.1, -0.05) is 35.5 Å². The van der Waals surface area contributed by atoms with E-state index in [4.69, 9.17) is 9.52 Å². The van der Waals surface area contributed by atoms with E-state index in [9.17, 15) is 4.79 Å². The molecule has 0 radical (unpaired) electrons. The molecule has 1 amide bonds. The number of rotatable bonds is 9. The van der Waals surface area contributed by atoms with Crippen molar-refractivity contribution in [3.05, 3.63) is 52.9 Å². The molecule has 2 N–H and O–H groups in total. The van der Waals surface area contributed by atoms with Crippen molar-refractivity contribution in [2.45, 2.75) is 40.0 Å². The molecule has 7 nitrogen and oxygen atoms in total. The van der Waals surface area contributed by atoms with Crippen molar-refractivity contribution in [3.8, 4) is 0 Å². The predicted molar refractivity (Wildman–Crippen MR) is 118 cm³/mol. The Hall–Kier alpha value is -2.83. The Morgan fingerprint density at radius 2 is 2.03 bits per heavy atom. The Morgan fingerprint density at radius 1 is 1.23 bits per heavy atom. The molecule has 3 rings (SSSR count). The first kappa shape index (κ1) is 21.9. The first-order valence-electron chi connectivity index (χ1n) is 10.8. The van der Waals surface area contributed by atoms with Crippen molar-refractivity contribution in [3.63, 3.8) is 0 Å². The van der Waals surface area contributed by atoms with E-state index < -0.39 is 0 Å². The molecule has 0 saturated carbocycles. The lowest BCUT2D eigenvalue weighted by molar-refractivity contribution is -0.127. The molecule has 1 aliphatic rings. The third-order valence-corrected chi connectivity index (χ3v) is 5.51. The third-order valence-electron chi connectivity index (χ3n) is 5.51. The van der Waals surface area contributed by atoms with Crippen LogP contribution in [0.4, 0.5) is 0 Å². The molecule has 1 aromatic carbocycles. The van der Waals surface area contributed by atoms with Crippen molar-refractivity contribution < 1.29 is 9.32 Å². The number of nitrogens with one attached hydrogen (secondary N) is 2. The minimum Gasteiger partial charge on any atom is -0.361 e. The van der Waals surface area contributed by atoms with Gasteiger partial charge in [0.2, 0.25) is 5.91 Å². The number of guanidine groups is 1. The fraction of sp³-hybridized carbons (Fsp3) is 0.522. The molecule has 1 saturated heterocycles. The number of benzene rings is 1. The molecular formula is C23H33N5O2. The predicted octanol–water partition coefficient (Wildman–Crippen LogP) is 2.48. The minimum absolute atomic E-state index is 0.238. The maximum Gasteiger partial charge on any atom is 0.223 e. The van der Waals surface area contributed by atoms with Crippen molar-refractivity contribution in [1.82, 2.24) is 20.7 Å². The van der Waals surface area contributed by atoms with Crippen LogP contribution in [0, 0.1) is 19.8 Å². The Labute approximate surface area is 178 Å². The molecular weight excluding hydrogens is 378 g/mol. The first-order chi connectivity index (χ1) is 14.6. The summed E-state index contributed by atoms with van der Waals surface area (Å²) >= 11 is 0. The number of hydrogen-bond donors (Lipinski definition) is 2. The zero-order valence-electron chi connectivity index (χ0n) is 18.3. The number of likely N-dealkylation sites (tertiary alicyclic amines) is 1. The quantitative estimate of drug-likeness (QED) is 0.489. The van der Waals surface area contributed by atoms with Gasteiger partial charge in [-0.15, -0.1) is 0 Å². The largest absolute Gasteiger partial charge is 0.361 e. The molecule has 30 heavy (non-hydrogen) atoms. The van der Waals surface area contributed by atoms with E-state index in [0.717, 1.165) is 62.0 Å². The summed E-state index contributed by atoms with van der Waals surface area (Å²) in [5.41, 5.74) is 3.36. The molecule has 162 valence electrons. The van der Waals surface area contributed by atoms with Crippen LogP contribution in [-0.4, -0.2) is 54.6 Å². The third kappa shape index (κ3) is 6.08. The van der Waals surface area contributed by atoms with Gasteiger partial charge in [0, 0.05) is 50.6 Å².